The number of aromatic carboxylic acids is 1. The summed E-state index contributed by atoms with van der Waals surface area (Å²) in [6.45, 7) is 7.63. The van der Waals surface area contributed by atoms with Crippen molar-refractivity contribution in [3.8, 4) is 0 Å². The van der Waals surface area contributed by atoms with E-state index < -0.39 is 11.5 Å². The second-order valence-electron chi connectivity index (χ2n) is 5.47. The van der Waals surface area contributed by atoms with Crippen LogP contribution < -0.4 is 5.32 Å². The quantitative estimate of drug-likeness (QED) is 0.903. The van der Waals surface area contributed by atoms with Gasteiger partial charge in [0.2, 0.25) is 0 Å². The Hall–Kier alpha value is -2.28. The van der Waals surface area contributed by atoms with Crippen LogP contribution in [-0.2, 0) is 5.54 Å². The second-order valence-corrected chi connectivity index (χ2v) is 6.68. The van der Waals surface area contributed by atoms with E-state index in [1.165, 1.54) is 29.7 Å². The fourth-order valence-corrected chi connectivity index (χ4v) is 2.81. The fourth-order valence-electron chi connectivity index (χ4n) is 1.84. The van der Waals surface area contributed by atoms with Gasteiger partial charge in [0.15, 0.2) is 0 Å². The number of carbonyl (C=O) groups excluding carboxylic acids is 1. The minimum atomic E-state index is -1.17. The van der Waals surface area contributed by atoms with Crippen LogP contribution in [0.1, 0.15) is 50.3 Å². The molecule has 0 bridgehead atoms. The van der Waals surface area contributed by atoms with Gasteiger partial charge >= 0.3 is 5.97 Å². The van der Waals surface area contributed by atoms with Gasteiger partial charge in [0.25, 0.3) is 5.91 Å². The molecule has 6 nitrogen and oxygen atoms in total. The summed E-state index contributed by atoms with van der Waals surface area (Å²) >= 11 is 1.53. The monoisotopic (exact) mass is 319 g/mol. The second kappa shape index (κ2) is 5.84. The van der Waals surface area contributed by atoms with Crippen LogP contribution in [0.15, 0.2) is 18.3 Å². The summed E-state index contributed by atoms with van der Waals surface area (Å²) in [5.41, 5.74) is 0.393. The highest BCUT2D eigenvalue weighted by atomic mass is 32.1. The van der Waals surface area contributed by atoms with Gasteiger partial charge in [-0.15, -0.1) is 11.3 Å². The summed E-state index contributed by atoms with van der Waals surface area (Å²) in [6.07, 6.45) is 1.31. The molecule has 0 saturated heterocycles. The number of nitrogens with zero attached hydrogens (tertiary/aromatic N) is 2. The van der Waals surface area contributed by atoms with Gasteiger partial charge < -0.3 is 10.4 Å². The lowest BCUT2D eigenvalue weighted by molar-refractivity contribution is 0.0690. The number of rotatable bonds is 4. The summed E-state index contributed by atoms with van der Waals surface area (Å²) in [4.78, 5) is 32.5. The molecule has 7 heteroatoms. The molecule has 116 valence electrons. The Bertz CT molecular complexity index is 718. The first-order valence-corrected chi connectivity index (χ1v) is 7.48. The summed E-state index contributed by atoms with van der Waals surface area (Å²) in [5.74, 6) is -1.53. The Balaban J connectivity index is 2.23. The molecular formula is C15H17N3O3S. The molecular weight excluding hydrogens is 302 g/mol. The molecule has 0 atom stereocenters. The number of carbonyl (C=O) groups is 2. The minimum absolute atomic E-state index is 0.161. The first-order chi connectivity index (χ1) is 10.2. The molecule has 1 amide bonds. The summed E-state index contributed by atoms with van der Waals surface area (Å²) in [7, 11) is 0. The topological polar surface area (TPSA) is 92.2 Å². The zero-order chi connectivity index (χ0) is 16.5. The number of carboxylic acids is 1. The van der Waals surface area contributed by atoms with Crippen molar-refractivity contribution in [1.82, 2.24) is 15.3 Å². The van der Waals surface area contributed by atoms with E-state index in [0.717, 1.165) is 15.6 Å². The first kappa shape index (κ1) is 16.1. The molecule has 0 saturated carbocycles. The van der Waals surface area contributed by atoms with E-state index in [2.05, 4.69) is 15.3 Å². The first-order valence-electron chi connectivity index (χ1n) is 6.67. The SMILES string of the molecule is Cc1nc(C(C)(C)NC(=O)c2ccnc(C(=O)O)c2)sc1C. The maximum Gasteiger partial charge on any atom is 0.354 e. The molecule has 2 aromatic heterocycles. The number of aryl methyl sites for hydroxylation is 2. The molecule has 0 fully saturated rings. The maximum absolute atomic E-state index is 12.3. The summed E-state index contributed by atoms with van der Waals surface area (Å²) in [5, 5.41) is 12.6. The molecule has 2 rings (SSSR count). The zero-order valence-electron chi connectivity index (χ0n) is 12.8. The molecule has 0 radical (unpaired) electrons. The molecule has 0 aliphatic heterocycles. The standard InChI is InChI=1S/C15H17N3O3S/c1-8-9(2)22-14(17-8)15(3,4)18-12(19)10-5-6-16-11(7-10)13(20)21/h5-7H,1-4H3,(H,18,19)(H,20,21). The van der Waals surface area contributed by atoms with Crippen molar-refractivity contribution in [2.75, 3.05) is 0 Å². The van der Waals surface area contributed by atoms with Crippen LogP contribution >= 0.6 is 11.3 Å². The number of carboxylic acid groups (broad SMARTS) is 1. The third kappa shape index (κ3) is 3.30. The van der Waals surface area contributed by atoms with Crippen molar-refractivity contribution in [3.05, 3.63) is 45.2 Å². The maximum atomic E-state index is 12.3. The lowest BCUT2D eigenvalue weighted by Crippen LogP contribution is -2.41. The van der Waals surface area contributed by atoms with E-state index in [9.17, 15) is 9.59 Å². The van der Waals surface area contributed by atoms with E-state index in [0.29, 0.717) is 0 Å². The average molecular weight is 319 g/mol. The van der Waals surface area contributed by atoms with Crippen LogP contribution in [0.3, 0.4) is 0 Å². The smallest absolute Gasteiger partial charge is 0.354 e. The van der Waals surface area contributed by atoms with Gasteiger partial charge in [-0.3, -0.25) is 4.79 Å². The number of pyridine rings is 1. The number of nitrogens with one attached hydrogen (secondary N) is 1. The number of aromatic nitrogens is 2. The number of amides is 1. The molecule has 2 N–H and O–H groups in total. The highest BCUT2D eigenvalue weighted by Gasteiger charge is 2.27. The lowest BCUT2D eigenvalue weighted by atomic mass is 10.1. The molecule has 0 aliphatic rings. The van der Waals surface area contributed by atoms with E-state index in [-0.39, 0.29) is 17.2 Å². The van der Waals surface area contributed by atoms with Crippen LogP contribution in [-0.4, -0.2) is 27.0 Å². The normalized spacial score (nSPS) is 11.3. The van der Waals surface area contributed by atoms with Crippen molar-refractivity contribution < 1.29 is 14.7 Å². The predicted octanol–water partition coefficient (Wildman–Crippen LogP) is 2.52. The van der Waals surface area contributed by atoms with Crippen LogP contribution in [0.2, 0.25) is 0 Å². The Morgan fingerprint density at radius 2 is 2.00 bits per heavy atom. The lowest BCUT2D eigenvalue weighted by Gasteiger charge is -2.24. The number of thiazole rings is 1. The number of hydrogen-bond donors (Lipinski definition) is 2. The van der Waals surface area contributed by atoms with Gasteiger partial charge in [0.05, 0.1) is 11.2 Å². The summed E-state index contributed by atoms with van der Waals surface area (Å²) in [6, 6.07) is 2.74. The fraction of sp³-hybridized carbons (Fsp3) is 0.333. The summed E-state index contributed by atoms with van der Waals surface area (Å²) < 4.78 is 0. The molecule has 22 heavy (non-hydrogen) atoms. The molecule has 2 aromatic rings. The van der Waals surface area contributed by atoms with Crippen LogP contribution in [0.4, 0.5) is 0 Å². The molecule has 0 aromatic carbocycles. The van der Waals surface area contributed by atoms with Gasteiger partial charge in [-0.1, -0.05) is 0 Å². The van der Waals surface area contributed by atoms with Crippen LogP contribution in [0, 0.1) is 13.8 Å². The number of hydrogen-bond acceptors (Lipinski definition) is 5. The van der Waals surface area contributed by atoms with Crippen LogP contribution in [0.25, 0.3) is 0 Å². The molecule has 0 unspecified atom stereocenters. The van der Waals surface area contributed by atoms with Gasteiger partial charge in [-0.2, -0.15) is 0 Å². The third-order valence-corrected chi connectivity index (χ3v) is 4.63. The van der Waals surface area contributed by atoms with Crippen molar-refractivity contribution >= 4 is 23.2 Å². The van der Waals surface area contributed by atoms with Gasteiger partial charge in [-0.05, 0) is 39.8 Å². The van der Waals surface area contributed by atoms with Crippen molar-refractivity contribution in [1.29, 1.82) is 0 Å². The Labute approximate surface area is 132 Å². The van der Waals surface area contributed by atoms with Crippen molar-refractivity contribution in [2.45, 2.75) is 33.2 Å². The van der Waals surface area contributed by atoms with Crippen LogP contribution in [0.5, 0.6) is 0 Å². The zero-order valence-corrected chi connectivity index (χ0v) is 13.6. The molecule has 2 heterocycles. The molecule has 0 spiro atoms. The molecule has 0 aliphatic carbocycles. The van der Waals surface area contributed by atoms with Crippen molar-refractivity contribution in [3.63, 3.8) is 0 Å². The van der Waals surface area contributed by atoms with E-state index in [1.807, 2.05) is 27.7 Å². The van der Waals surface area contributed by atoms with E-state index in [4.69, 9.17) is 5.11 Å². The van der Waals surface area contributed by atoms with Gasteiger partial charge in [0.1, 0.15) is 10.7 Å². The highest BCUT2D eigenvalue weighted by Crippen LogP contribution is 2.27. The predicted molar refractivity (Wildman–Crippen MR) is 83.3 cm³/mol. The Morgan fingerprint density at radius 3 is 2.55 bits per heavy atom. The largest absolute Gasteiger partial charge is 0.477 e. The average Bonchev–Trinajstić information content (AvgIpc) is 2.79. The minimum Gasteiger partial charge on any atom is -0.477 e. The van der Waals surface area contributed by atoms with Gasteiger partial charge in [-0.25, -0.2) is 14.8 Å². The Morgan fingerprint density at radius 1 is 1.32 bits per heavy atom. The Kier molecular flexibility index (Phi) is 4.27. The third-order valence-electron chi connectivity index (χ3n) is 3.23. The van der Waals surface area contributed by atoms with Crippen molar-refractivity contribution in [2.24, 2.45) is 0 Å². The van der Waals surface area contributed by atoms with E-state index in [1.54, 1.807) is 0 Å². The van der Waals surface area contributed by atoms with E-state index >= 15 is 0 Å². The van der Waals surface area contributed by atoms with Gasteiger partial charge in [0, 0.05) is 16.6 Å². The highest BCUT2D eigenvalue weighted by molar-refractivity contribution is 7.11.